The zero-order valence-electron chi connectivity index (χ0n) is 14.1. The maximum absolute atomic E-state index is 12.2. The van der Waals surface area contributed by atoms with Gasteiger partial charge in [-0.05, 0) is 26.0 Å². The summed E-state index contributed by atoms with van der Waals surface area (Å²) in [4.78, 5) is 44.0. The lowest BCUT2D eigenvalue weighted by atomic mass is 10.1. The van der Waals surface area contributed by atoms with Gasteiger partial charge in [-0.25, -0.2) is 19.9 Å². The molecule has 0 aliphatic rings. The van der Waals surface area contributed by atoms with Crippen LogP contribution in [-0.4, -0.2) is 38.6 Å². The molecule has 0 spiro atoms. The maximum atomic E-state index is 12.2. The van der Waals surface area contributed by atoms with Crippen LogP contribution in [0.2, 0.25) is 0 Å². The fourth-order valence-electron chi connectivity index (χ4n) is 2.41. The fraction of sp³-hybridized carbons (Fsp3) is 0.176. The van der Waals surface area contributed by atoms with Gasteiger partial charge in [0.25, 0.3) is 11.5 Å². The number of carbonyl (C=O) groups is 2. The number of nitrogens with zero attached hydrogens (tertiary/aromatic N) is 3. The third-order valence-corrected chi connectivity index (χ3v) is 3.46. The molecule has 0 saturated carbocycles. The van der Waals surface area contributed by atoms with Crippen molar-refractivity contribution in [3.8, 4) is 0 Å². The van der Waals surface area contributed by atoms with Crippen LogP contribution in [0.15, 0.2) is 35.1 Å². The van der Waals surface area contributed by atoms with Crippen LogP contribution >= 0.6 is 0 Å². The number of anilines is 1. The van der Waals surface area contributed by atoms with E-state index < -0.39 is 24.0 Å². The average molecular weight is 353 g/mol. The number of aryl methyl sites for hydroxylation is 2. The van der Waals surface area contributed by atoms with Gasteiger partial charge < -0.3 is 4.74 Å². The molecule has 0 fully saturated rings. The first-order chi connectivity index (χ1) is 12.4. The van der Waals surface area contributed by atoms with Crippen LogP contribution in [0, 0.1) is 13.8 Å². The Balaban J connectivity index is 1.70. The minimum absolute atomic E-state index is 0.0735. The minimum Gasteiger partial charge on any atom is -0.451 e. The Bertz CT molecular complexity index is 1040. The molecule has 132 valence electrons. The number of benzene rings is 1. The Morgan fingerprint density at radius 3 is 2.46 bits per heavy atom. The van der Waals surface area contributed by atoms with Crippen molar-refractivity contribution in [3.63, 3.8) is 0 Å². The monoisotopic (exact) mass is 353 g/mol. The minimum atomic E-state index is -0.825. The van der Waals surface area contributed by atoms with Gasteiger partial charge in [0.2, 0.25) is 5.95 Å². The number of H-pyrrole nitrogens is 1. The van der Waals surface area contributed by atoms with Gasteiger partial charge in [-0.2, -0.15) is 5.10 Å². The molecule has 0 aliphatic heterocycles. The summed E-state index contributed by atoms with van der Waals surface area (Å²) in [6.45, 7) is 3.01. The van der Waals surface area contributed by atoms with Crippen molar-refractivity contribution < 1.29 is 14.3 Å². The molecule has 3 rings (SSSR count). The van der Waals surface area contributed by atoms with E-state index in [1.165, 1.54) is 0 Å². The van der Waals surface area contributed by atoms with Gasteiger partial charge in [0.15, 0.2) is 12.3 Å². The molecule has 9 nitrogen and oxygen atoms in total. The predicted octanol–water partition coefficient (Wildman–Crippen LogP) is 1.13. The standard InChI is InChI=1S/C17H15N5O4/c1-9-7-10(2)19-17(18-9)20-13(23)8-26-16(25)14-11-5-3-4-6-12(11)15(24)22-21-14/h3-7H,8H2,1-2H3,(H,22,24)(H,18,19,20,23). The molecular formula is C17H15N5O4. The van der Waals surface area contributed by atoms with E-state index in [1.54, 1.807) is 44.2 Å². The quantitative estimate of drug-likeness (QED) is 0.673. The molecule has 2 aromatic heterocycles. The van der Waals surface area contributed by atoms with Gasteiger partial charge in [-0.15, -0.1) is 0 Å². The molecule has 0 atom stereocenters. The summed E-state index contributed by atoms with van der Waals surface area (Å²) in [6, 6.07) is 8.26. The Labute approximate surface area is 147 Å². The molecule has 1 amide bonds. The van der Waals surface area contributed by atoms with Crippen molar-refractivity contribution in [2.75, 3.05) is 11.9 Å². The van der Waals surface area contributed by atoms with Crippen LogP contribution < -0.4 is 10.9 Å². The molecule has 2 N–H and O–H groups in total. The van der Waals surface area contributed by atoms with Crippen LogP contribution in [0.4, 0.5) is 5.95 Å². The average Bonchev–Trinajstić information content (AvgIpc) is 2.59. The van der Waals surface area contributed by atoms with Crippen molar-refractivity contribution in [1.82, 2.24) is 20.2 Å². The fourth-order valence-corrected chi connectivity index (χ4v) is 2.41. The number of hydrogen-bond donors (Lipinski definition) is 2. The lowest BCUT2D eigenvalue weighted by molar-refractivity contribution is -0.119. The SMILES string of the molecule is Cc1cc(C)nc(NC(=O)COC(=O)c2n[nH]c(=O)c3ccccc23)n1. The van der Waals surface area contributed by atoms with Gasteiger partial charge in [0.1, 0.15) is 0 Å². The van der Waals surface area contributed by atoms with Crippen molar-refractivity contribution >= 4 is 28.6 Å². The largest absolute Gasteiger partial charge is 0.451 e. The number of aromatic amines is 1. The summed E-state index contributed by atoms with van der Waals surface area (Å²) in [6.07, 6.45) is 0. The van der Waals surface area contributed by atoms with Gasteiger partial charge >= 0.3 is 5.97 Å². The number of aromatic nitrogens is 4. The van der Waals surface area contributed by atoms with E-state index in [0.717, 1.165) is 0 Å². The first-order valence-corrected chi connectivity index (χ1v) is 7.71. The van der Waals surface area contributed by atoms with Crippen LogP contribution in [-0.2, 0) is 9.53 Å². The maximum Gasteiger partial charge on any atom is 0.359 e. The zero-order valence-corrected chi connectivity index (χ0v) is 14.1. The third-order valence-electron chi connectivity index (χ3n) is 3.46. The van der Waals surface area contributed by atoms with E-state index in [0.29, 0.717) is 22.2 Å². The second-order valence-electron chi connectivity index (χ2n) is 5.55. The number of esters is 1. The molecule has 1 aromatic carbocycles. The topological polar surface area (TPSA) is 127 Å². The highest BCUT2D eigenvalue weighted by Crippen LogP contribution is 2.13. The second-order valence-corrected chi connectivity index (χ2v) is 5.55. The highest BCUT2D eigenvalue weighted by atomic mass is 16.5. The third kappa shape index (κ3) is 3.72. The Morgan fingerprint density at radius 2 is 1.77 bits per heavy atom. The summed E-state index contributed by atoms with van der Waals surface area (Å²) in [5.41, 5.74) is 0.917. The highest BCUT2D eigenvalue weighted by Gasteiger charge is 2.17. The second kappa shape index (κ2) is 7.09. The molecule has 9 heteroatoms. The molecule has 0 radical (unpaired) electrons. The lowest BCUT2D eigenvalue weighted by Crippen LogP contribution is -2.23. The number of rotatable bonds is 4. The molecule has 0 bridgehead atoms. The highest BCUT2D eigenvalue weighted by molar-refractivity contribution is 6.03. The number of ether oxygens (including phenoxy) is 1. The molecule has 0 unspecified atom stereocenters. The predicted molar refractivity (Wildman–Crippen MR) is 92.8 cm³/mol. The number of nitrogens with one attached hydrogen (secondary N) is 2. The number of fused-ring (bicyclic) bond motifs is 1. The number of hydrogen-bond acceptors (Lipinski definition) is 7. The lowest BCUT2D eigenvalue weighted by Gasteiger charge is -2.07. The molecule has 3 aromatic rings. The van der Waals surface area contributed by atoms with E-state index in [4.69, 9.17) is 4.74 Å². The van der Waals surface area contributed by atoms with Gasteiger partial charge in [-0.1, -0.05) is 18.2 Å². The van der Waals surface area contributed by atoms with Crippen LogP contribution in [0.25, 0.3) is 10.8 Å². The number of amides is 1. The van der Waals surface area contributed by atoms with Crippen molar-refractivity contribution in [1.29, 1.82) is 0 Å². The molecule has 0 saturated heterocycles. The Hall–Kier alpha value is -3.62. The summed E-state index contributed by atoms with van der Waals surface area (Å²) in [5.74, 6) is -1.28. The molecule has 2 heterocycles. The first-order valence-electron chi connectivity index (χ1n) is 7.71. The molecular weight excluding hydrogens is 338 g/mol. The smallest absolute Gasteiger partial charge is 0.359 e. The van der Waals surface area contributed by atoms with Crippen LogP contribution in [0.3, 0.4) is 0 Å². The Morgan fingerprint density at radius 1 is 1.12 bits per heavy atom. The van der Waals surface area contributed by atoms with Crippen molar-refractivity contribution in [2.45, 2.75) is 13.8 Å². The summed E-state index contributed by atoms with van der Waals surface area (Å²) >= 11 is 0. The van der Waals surface area contributed by atoms with E-state index in [9.17, 15) is 14.4 Å². The molecule has 26 heavy (non-hydrogen) atoms. The molecule has 0 aliphatic carbocycles. The van der Waals surface area contributed by atoms with Crippen LogP contribution in [0.1, 0.15) is 21.9 Å². The summed E-state index contributed by atoms with van der Waals surface area (Å²) in [5, 5.41) is 9.07. The summed E-state index contributed by atoms with van der Waals surface area (Å²) in [7, 11) is 0. The number of carbonyl (C=O) groups excluding carboxylic acids is 2. The summed E-state index contributed by atoms with van der Waals surface area (Å²) < 4.78 is 4.98. The van der Waals surface area contributed by atoms with Crippen molar-refractivity contribution in [3.05, 3.63) is 57.8 Å². The Kier molecular flexibility index (Phi) is 4.70. The normalized spacial score (nSPS) is 10.5. The van der Waals surface area contributed by atoms with Gasteiger partial charge in [0, 0.05) is 16.8 Å². The van der Waals surface area contributed by atoms with Crippen LogP contribution in [0.5, 0.6) is 0 Å². The van der Waals surface area contributed by atoms with E-state index in [-0.39, 0.29) is 11.6 Å². The van der Waals surface area contributed by atoms with E-state index >= 15 is 0 Å². The zero-order chi connectivity index (χ0) is 18.7. The first kappa shape index (κ1) is 17.2. The van der Waals surface area contributed by atoms with Gasteiger partial charge in [0.05, 0.1) is 5.39 Å². The van der Waals surface area contributed by atoms with Gasteiger partial charge in [-0.3, -0.25) is 14.9 Å². The van der Waals surface area contributed by atoms with E-state index in [1.807, 2.05) is 0 Å². The van der Waals surface area contributed by atoms with Crippen molar-refractivity contribution in [2.24, 2.45) is 0 Å². The van der Waals surface area contributed by atoms with E-state index in [2.05, 4.69) is 25.5 Å².